The molecule has 7 heteroatoms. The first kappa shape index (κ1) is 14.0. The van der Waals surface area contributed by atoms with Crippen LogP contribution in [0.15, 0.2) is 12.1 Å². The highest BCUT2D eigenvalue weighted by Crippen LogP contribution is 2.33. The van der Waals surface area contributed by atoms with Gasteiger partial charge in [-0.1, -0.05) is 23.2 Å². The van der Waals surface area contributed by atoms with E-state index < -0.39 is 4.92 Å². The normalized spacial score (nSPS) is 12.2. The van der Waals surface area contributed by atoms with Gasteiger partial charge < -0.3 is 11.1 Å². The number of nitrogens with two attached hydrogens (primary N) is 1. The van der Waals surface area contributed by atoms with Crippen LogP contribution in [0.1, 0.15) is 13.3 Å². The molecule has 0 saturated heterocycles. The Morgan fingerprint density at radius 2 is 2.06 bits per heavy atom. The topological polar surface area (TPSA) is 81.2 Å². The molecule has 0 aromatic heterocycles. The van der Waals surface area contributed by atoms with Crippen LogP contribution in [0.25, 0.3) is 0 Å². The van der Waals surface area contributed by atoms with Crippen molar-refractivity contribution in [3.8, 4) is 0 Å². The Hall–Kier alpha value is -1.04. The number of anilines is 1. The third-order valence-electron chi connectivity index (χ3n) is 2.15. The summed E-state index contributed by atoms with van der Waals surface area (Å²) in [7, 11) is 0. The van der Waals surface area contributed by atoms with E-state index in [0.29, 0.717) is 18.7 Å². The lowest BCUT2D eigenvalue weighted by molar-refractivity contribution is -0.383. The minimum atomic E-state index is -0.504. The van der Waals surface area contributed by atoms with Crippen molar-refractivity contribution in [1.29, 1.82) is 0 Å². The van der Waals surface area contributed by atoms with Crippen molar-refractivity contribution in [3.05, 3.63) is 32.3 Å². The van der Waals surface area contributed by atoms with E-state index in [0.717, 1.165) is 0 Å². The highest BCUT2D eigenvalue weighted by atomic mass is 35.5. The van der Waals surface area contributed by atoms with Gasteiger partial charge in [-0.05, 0) is 19.4 Å². The molecule has 1 aromatic carbocycles. The lowest BCUT2D eigenvalue weighted by Gasteiger charge is -2.09. The number of nitro groups is 1. The van der Waals surface area contributed by atoms with E-state index in [2.05, 4.69) is 5.32 Å². The molecule has 0 saturated carbocycles. The smallest absolute Gasteiger partial charge is 0.293 e. The lowest BCUT2D eigenvalue weighted by Crippen LogP contribution is -2.19. The molecule has 0 aliphatic carbocycles. The first-order valence-electron chi connectivity index (χ1n) is 5.04. The number of nitro benzene ring substituents is 1. The second-order valence-electron chi connectivity index (χ2n) is 3.73. The molecule has 1 atom stereocenters. The van der Waals surface area contributed by atoms with E-state index in [4.69, 9.17) is 28.9 Å². The van der Waals surface area contributed by atoms with Gasteiger partial charge in [0.25, 0.3) is 5.69 Å². The maximum atomic E-state index is 10.8. The maximum Gasteiger partial charge on any atom is 0.293 e. The molecule has 0 bridgehead atoms. The third-order valence-corrected chi connectivity index (χ3v) is 2.87. The molecule has 1 rings (SSSR count). The van der Waals surface area contributed by atoms with Gasteiger partial charge in [0.15, 0.2) is 0 Å². The molecule has 1 unspecified atom stereocenters. The van der Waals surface area contributed by atoms with Gasteiger partial charge in [-0.15, -0.1) is 0 Å². The van der Waals surface area contributed by atoms with Crippen molar-refractivity contribution in [2.45, 2.75) is 19.4 Å². The van der Waals surface area contributed by atoms with Crippen LogP contribution in [0, 0.1) is 10.1 Å². The second kappa shape index (κ2) is 6.05. The number of benzene rings is 1. The van der Waals surface area contributed by atoms with Gasteiger partial charge in [0.1, 0.15) is 5.69 Å². The number of hydrogen-bond donors (Lipinski definition) is 2. The molecule has 0 radical (unpaired) electrons. The van der Waals surface area contributed by atoms with Gasteiger partial charge in [-0.3, -0.25) is 10.1 Å². The summed E-state index contributed by atoms with van der Waals surface area (Å²) in [4.78, 5) is 10.3. The molecule has 3 N–H and O–H groups in total. The highest BCUT2D eigenvalue weighted by Gasteiger charge is 2.16. The Labute approximate surface area is 109 Å². The quantitative estimate of drug-likeness (QED) is 0.640. The number of nitrogens with zero attached hydrogens (tertiary/aromatic N) is 1. The van der Waals surface area contributed by atoms with Gasteiger partial charge in [0.2, 0.25) is 0 Å². The monoisotopic (exact) mass is 277 g/mol. The van der Waals surface area contributed by atoms with E-state index in [9.17, 15) is 10.1 Å². The van der Waals surface area contributed by atoms with Crippen LogP contribution >= 0.6 is 23.2 Å². The Balaban J connectivity index is 2.89. The molecule has 0 heterocycles. The molecular formula is C10H13Cl2N3O2. The fourth-order valence-corrected chi connectivity index (χ4v) is 1.59. The molecule has 0 amide bonds. The van der Waals surface area contributed by atoms with Crippen molar-refractivity contribution in [1.82, 2.24) is 0 Å². The lowest BCUT2D eigenvalue weighted by atomic mass is 10.2. The zero-order valence-electron chi connectivity index (χ0n) is 9.24. The maximum absolute atomic E-state index is 10.8. The predicted molar refractivity (Wildman–Crippen MR) is 69.9 cm³/mol. The summed E-state index contributed by atoms with van der Waals surface area (Å²) < 4.78 is 0. The van der Waals surface area contributed by atoms with Gasteiger partial charge in [0.05, 0.1) is 15.0 Å². The fraction of sp³-hybridized carbons (Fsp3) is 0.400. The summed E-state index contributed by atoms with van der Waals surface area (Å²) in [6.07, 6.45) is 0.706. The molecule has 0 spiro atoms. The molecule has 0 aliphatic rings. The first-order valence-corrected chi connectivity index (χ1v) is 5.80. The van der Waals surface area contributed by atoms with Crippen molar-refractivity contribution in [2.24, 2.45) is 5.73 Å². The Morgan fingerprint density at radius 3 is 2.59 bits per heavy atom. The summed E-state index contributed by atoms with van der Waals surface area (Å²) >= 11 is 11.5. The average Bonchev–Trinajstić information content (AvgIpc) is 2.22. The summed E-state index contributed by atoms with van der Waals surface area (Å²) in [5.74, 6) is 0. The summed E-state index contributed by atoms with van der Waals surface area (Å²) in [5, 5.41) is 14.2. The highest BCUT2D eigenvalue weighted by molar-refractivity contribution is 6.42. The molecule has 1 aromatic rings. The van der Waals surface area contributed by atoms with E-state index >= 15 is 0 Å². The van der Waals surface area contributed by atoms with E-state index in [1.807, 2.05) is 6.92 Å². The number of nitrogens with one attached hydrogen (secondary N) is 1. The second-order valence-corrected chi connectivity index (χ2v) is 4.55. The van der Waals surface area contributed by atoms with Crippen LogP contribution in [0.5, 0.6) is 0 Å². The van der Waals surface area contributed by atoms with Gasteiger partial charge in [-0.2, -0.15) is 0 Å². The predicted octanol–water partition coefficient (Wildman–Crippen LogP) is 3.05. The van der Waals surface area contributed by atoms with Crippen molar-refractivity contribution in [3.63, 3.8) is 0 Å². The Bertz CT molecular complexity index is 424. The average molecular weight is 278 g/mol. The van der Waals surface area contributed by atoms with E-state index in [1.165, 1.54) is 12.1 Å². The first-order chi connectivity index (χ1) is 7.91. The SMILES string of the molecule is CC(N)CCNc1cc(Cl)c(Cl)cc1[N+](=O)[O-]. The van der Waals surface area contributed by atoms with Crippen LogP contribution in [0.2, 0.25) is 10.0 Å². The van der Waals surface area contributed by atoms with Gasteiger partial charge in [0, 0.05) is 18.7 Å². The van der Waals surface area contributed by atoms with Crippen molar-refractivity contribution in [2.75, 3.05) is 11.9 Å². The molecule has 0 aliphatic heterocycles. The van der Waals surface area contributed by atoms with E-state index in [1.54, 1.807) is 0 Å². The Kier molecular flexibility index (Phi) is 4.99. The molecular weight excluding hydrogens is 265 g/mol. The molecule has 17 heavy (non-hydrogen) atoms. The van der Waals surface area contributed by atoms with Crippen LogP contribution in [0.4, 0.5) is 11.4 Å². The zero-order chi connectivity index (χ0) is 13.0. The summed E-state index contributed by atoms with van der Waals surface area (Å²) in [6.45, 7) is 2.40. The Morgan fingerprint density at radius 1 is 1.47 bits per heavy atom. The number of halogens is 2. The molecule has 5 nitrogen and oxygen atoms in total. The fourth-order valence-electron chi connectivity index (χ4n) is 1.26. The van der Waals surface area contributed by atoms with Crippen LogP contribution < -0.4 is 11.1 Å². The van der Waals surface area contributed by atoms with Crippen LogP contribution in [0.3, 0.4) is 0 Å². The standard InChI is InChI=1S/C10H13Cl2N3O2/c1-6(13)2-3-14-9-4-7(11)8(12)5-10(9)15(16)17/h4-6,14H,2-3,13H2,1H3. The van der Waals surface area contributed by atoms with Crippen LogP contribution in [-0.2, 0) is 0 Å². The van der Waals surface area contributed by atoms with E-state index in [-0.39, 0.29) is 21.8 Å². The largest absolute Gasteiger partial charge is 0.379 e. The van der Waals surface area contributed by atoms with Gasteiger partial charge >= 0.3 is 0 Å². The minimum Gasteiger partial charge on any atom is -0.379 e. The minimum absolute atomic E-state index is 0.0318. The van der Waals surface area contributed by atoms with Crippen molar-refractivity contribution < 1.29 is 4.92 Å². The van der Waals surface area contributed by atoms with Crippen molar-refractivity contribution >= 4 is 34.6 Å². The molecule has 94 valence electrons. The van der Waals surface area contributed by atoms with Crippen LogP contribution in [-0.4, -0.2) is 17.5 Å². The van der Waals surface area contributed by atoms with Gasteiger partial charge in [-0.25, -0.2) is 0 Å². The summed E-state index contributed by atoms with van der Waals surface area (Å²) in [5.41, 5.74) is 5.85. The number of hydrogen-bond acceptors (Lipinski definition) is 4. The molecule has 0 fully saturated rings. The number of rotatable bonds is 5. The summed E-state index contributed by atoms with van der Waals surface area (Å²) in [6, 6.07) is 2.71. The third kappa shape index (κ3) is 4.03. The zero-order valence-corrected chi connectivity index (χ0v) is 10.8.